The topological polar surface area (TPSA) is 150 Å². The van der Waals surface area contributed by atoms with E-state index < -0.39 is 33.8 Å². The van der Waals surface area contributed by atoms with Crippen molar-refractivity contribution in [2.75, 3.05) is 18.6 Å². The molecule has 0 aliphatic carbocycles. The van der Waals surface area contributed by atoms with Crippen molar-refractivity contribution in [3.8, 4) is 0 Å². The minimum absolute atomic E-state index is 0.0736. The highest BCUT2D eigenvalue weighted by Crippen LogP contribution is 1.98. The van der Waals surface area contributed by atoms with Crippen LogP contribution in [0.1, 0.15) is 19.3 Å². The van der Waals surface area contributed by atoms with Crippen molar-refractivity contribution < 1.29 is 33.0 Å². The Labute approximate surface area is 116 Å². The Kier molecular flexibility index (Phi) is 7.59. The number of rotatable bonds is 9. The smallest absolute Gasteiger partial charge is 0.326 e. The molecule has 0 fully saturated rings. The summed E-state index contributed by atoms with van der Waals surface area (Å²) in [6, 6.07) is -2.09. The maximum atomic E-state index is 11.3. The van der Waals surface area contributed by atoms with Gasteiger partial charge in [0.1, 0.15) is 15.9 Å². The lowest BCUT2D eigenvalue weighted by Crippen LogP contribution is -2.46. The van der Waals surface area contributed by atoms with Crippen LogP contribution in [0.4, 0.5) is 4.79 Å². The first kappa shape index (κ1) is 18.2. The number of carboxylic acid groups (broad SMARTS) is 2. The van der Waals surface area contributed by atoms with Crippen LogP contribution in [0.2, 0.25) is 0 Å². The molecule has 9 nitrogen and oxygen atoms in total. The Morgan fingerprint density at radius 2 is 1.80 bits per heavy atom. The van der Waals surface area contributed by atoms with E-state index in [2.05, 4.69) is 10.6 Å². The first-order valence-corrected chi connectivity index (χ1v) is 7.84. The van der Waals surface area contributed by atoms with Gasteiger partial charge in [-0.15, -0.1) is 0 Å². The predicted octanol–water partition coefficient (Wildman–Crippen LogP) is -0.962. The van der Waals surface area contributed by atoms with Gasteiger partial charge in [-0.3, -0.25) is 4.79 Å². The van der Waals surface area contributed by atoms with Gasteiger partial charge in [-0.25, -0.2) is 18.0 Å². The third-order valence-electron chi connectivity index (χ3n) is 2.23. The normalized spacial score (nSPS) is 12.4. The molecule has 0 heterocycles. The van der Waals surface area contributed by atoms with Crippen molar-refractivity contribution in [1.82, 2.24) is 10.6 Å². The summed E-state index contributed by atoms with van der Waals surface area (Å²) < 4.78 is 21.7. The lowest BCUT2D eigenvalue weighted by atomic mass is 10.1. The Hall–Kier alpha value is -1.84. The van der Waals surface area contributed by atoms with E-state index in [9.17, 15) is 22.8 Å². The van der Waals surface area contributed by atoms with Crippen molar-refractivity contribution in [2.45, 2.75) is 25.3 Å². The highest BCUT2D eigenvalue weighted by atomic mass is 32.2. The molecular formula is C10H18N2O7S. The minimum atomic E-state index is -3.11. The monoisotopic (exact) mass is 310 g/mol. The number of hydrogen-bond acceptors (Lipinski definition) is 5. The first-order valence-electron chi connectivity index (χ1n) is 5.78. The summed E-state index contributed by atoms with van der Waals surface area (Å²) in [6.07, 6.45) is 0.658. The number of carbonyl (C=O) groups excluding carboxylic acids is 1. The molecule has 0 aromatic carbocycles. The molecule has 0 aliphatic rings. The van der Waals surface area contributed by atoms with Crippen LogP contribution in [-0.2, 0) is 19.4 Å². The predicted molar refractivity (Wildman–Crippen MR) is 69.2 cm³/mol. The fourth-order valence-corrected chi connectivity index (χ4v) is 1.94. The fourth-order valence-electron chi connectivity index (χ4n) is 1.27. The molecular weight excluding hydrogens is 292 g/mol. The van der Waals surface area contributed by atoms with Gasteiger partial charge >= 0.3 is 18.0 Å². The summed E-state index contributed by atoms with van der Waals surface area (Å²) >= 11 is 0. The van der Waals surface area contributed by atoms with Crippen LogP contribution in [-0.4, -0.2) is 61.2 Å². The number of amides is 2. The zero-order valence-corrected chi connectivity index (χ0v) is 11.8. The number of sulfone groups is 1. The summed E-state index contributed by atoms with van der Waals surface area (Å²) in [5, 5.41) is 21.7. The molecule has 10 heteroatoms. The third-order valence-corrected chi connectivity index (χ3v) is 3.26. The maximum absolute atomic E-state index is 11.3. The molecule has 2 amide bonds. The van der Waals surface area contributed by atoms with Crippen LogP contribution < -0.4 is 10.6 Å². The molecule has 0 radical (unpaired) electrons. The first-order chi connectivity index (χ1) is 9.11. The van der Waals surface area contributed by atoms with Crippen LogP contribution in [0.15, 0.2) is 0 Å². The summed E-state index contributed by atoms with van der Waals surface area (Å²) in [5.74, 6) is -2.58. The molecule has 0 aliphatic heterocycles. The van der Waals surface area contributed by atoms with E-state index in [4.69, 9.17) is 10.2 Å². The van der Waals surface area contributed by atoms with Gasteiger partial charge in [-0.1, -0.05) is 0 Å². The Morgan fingerprint density at radius 3 is 2.25 bits per heavy atom. The van der Waals surface area contributed by atoms with Crippen molar-refractivity contribution in [3.05, 3.63) is 0 Å². The molecule has 0 aromatic heterocycles. The minimum Gasteiger partial charge on any atom is -0.481 e. The Balaban J connectivity index is 4.07. The molecule has 0 spiro atoms. The molecule has 0 aromatic rings. The van der Waals surface area contributed by atoms with Crippen molar-refractivity contribution in [2.24, 2.45) is 0 Å². The van der Waals surface area contributed by atoms with Crippen LogP contribution in [0.3, 0.4) is 0 Å². The van der Waals surface area contributed by atoms with Gasteiger partial charge in [-0.05, 0) is 12.8 Å². The zero-order valence-electron chi connectivity index (χ0n) is 11.0. The van der Waals surface area contributed by atoms with E-state index >= 15 is 0 Å². The van der Waals surface area contributed by atoms with Gasteiger partial charge in [-0.2, -0.15) is 0 Å². The molecule has 0 rings (SSSR count). The van der Waals surface area contributed by atoms with E-state index in [0.717, 1.165) is 6.26 Å². The number of urea groups is 1. The largest absolute Gasteiger partial charge is 0.481 e. The van der Waals surface area contributed by atoms with E-state index in [1.807, 2.05) is 0 Å². The van der Waals surface area contributed by atoms with Gasteiger partial charge < -0.3 is 20.8 Å². The molecule has 116 valence electrons. The second-order valence-corrected chi connectivity index (χ2v) is 6.47. The number of aliphatic carboxylic acids is 2. The number of carbonyl (C=O) groups is 3. The second-order valence-electron chi connectivity index (χ2n) is 4.21. The maximum Gasteiger partial charge on any atom is 0.326 e. The highest BCUT2D eigenvalue weighted by molar-refractivity contribution is 7.90. The van der Waals surface area contributed by atoms with Crippen LogP contribution in [0.25, 0.3) is 0 Å². The van der Waals surface area contributed by atoms with Crippen molar-refractivity contribution >= 4 is 27.8 Å². The van der Waals surface area contributed by atoms with E-state index in [-0.39, 0.29) is 31.6 Å². The summed E-state index contributed by atoms with van der Waals surface area (Å²) in [5.41, 5.74) is 0. The van der Waals surface area contributed by atoms with Gasteiger partial charge in [0, 0.05) is 19.2 Å². The third kappa shape index (κ3) is 10.1. The number of nitrogens with one attached hydrogen (secondary N) is 2. The molecule has 1 atom stereocenters. The lowest BCUT2D eigenvalue weighted by Gasteiger charge is -2.14. The Morgan fingerprint density at radius 1 is 1.20 bits per heavy atom. The summed E-state index contributed by atoms with van der Waals surface area (Å²) in [4.78, 5) is 32.5. The Bertz CT molecular complexity index is 460. The molecule has 4 N–H and O–H groups in total. The van der Waals surface area contributed by atoms with Gasteiger partial charge in [0.2, 0.25) is 0 Å². The average Bonchev–Trinajstić information content (AvgIpc) is 2.28. The van der Waals surface area contributed by atoms with E-state index in [0.29, 0.717) is 0 Å². The zero-order chi connectivity index (χ0) is 15.8. The standard InChI is InChI=1S/C10H18N2O7S/c1-20(18,19)6-2-5-11-10(17)12-7(9(15)16)3-4-8(13)14/h7H,2-6H2,1H3,(H,13,14)(H,15,16)(H2,11,12,17)/t7-/m0/s1. The SMILES string of the molecule is CS(=O)(=O)CCCNC(=O)N[C@@H](CCC(=O)O)C(=O)O. The van der Waals surface area contributed by atoms with Crippen molar-refractivity contribution in [3.63, 3.8) is 0 Å². The molecule has 0 bridgehead atoms. The fraction of sp³-hybridized carbons (Fsp3) is 0.700. The van der Waals surface area contributed by atoms with Crippen LogP contribution in [0.5, 0.6) is 0 Å². The number of hydrogen-bond donors (Lipinski definition) is 4. The average molecular weight is 310 g/mol. The highest BCUT2D eigenvalue weighted by Gasteiger charge is 2.20. The van der Waals surface area contributed by atoms with Crippen LogP contribution in [0, 0.1) is 0 Å². The quantitative estimate of drug-likeness (QED) is 0.400. The summed E-state index contributed by atoms with van der Waals surface area (Å²) in [6.45, 7) is 0.0736. The van der Waals surface area contributed by atoms with Gasteiger partial charge in [0.05, 0.1) is 5.75 Å². The number of carboxylic acids is 2. The molecule has 0 saturated heterocycles. The molecule has 0 unspecified atom stereocenters. The summed E-state index contributed by atoms with van der Waals surface area (Å²) in [7, 11) is -3.11. The van der Waals surface area contributed by atoms with Crippen molar-refractivity contribution in [1.29, 1.82) is 0 Å². The van der Waals surface area contributed by atoms with E-state index in [1.54, 1.807) is 0 Å². The second kappa shape index (κ2) is 8.35. The van der Waals surface area contributed by atoms with Crippen LogP contribution >= 0.6 is 0 Å². The van der Waals surface area contributed by atoms with Gasteiger partial charge in [0.25, 0.3) is 0 Å². The lowest BCUT2D eigenvalue weighted by molar-refractivity contribution is -0.140. The molecule has 20 heavy (non-hydrogen) atoms. The molecule has 0 saturated carbocycles. The van der Waals surface area contributed by atoms with Gasteiger partial charge in [0.15, 0.2) is 0 Å². The van der Waals surface area contributed by atoms with E-state index in [1.165, 1.54) is 0 Å².